The number of esters is 1. The molecule has 0 aliphatic carbocycles. The molecule has 2 aromatic carbocycles. The number of nitro benzene ring substituents is 1. The first-order chi connectivity index (χ1) is 18.1. The summed E-state index contributed by atoms with van der Waals surface area (Å²) in [4.78, 5) is 38.0. The lowest BCUT2D eigenvalue weighted by Crippen LogP contribution is -2.40. The second-order valence-electron chi connectivity index (χ2n) is 9.30. The van der Waals surface area contributed by atoms with Gasteiger partial charge in [0.2, 0.25) is 10.0 Å². The summed E-state index contributed by atoms with van der Waals surface area (Å²) in [5.74, 6) is -0.948. The molecule has 2 aliphatic heterocycles. The van der Waals surface area contributed by atoms with Crippen LogP contribution in [0, 0.1) is 16.0 Å². The average Bonchev–Trinajstić information content (AvgIpc) is 2.92. The third kappa shape index (κ3) is 6.47. The number of piperidine rings is 1. The van der Waals surface area contributed by atoms with Crippen LogP contribution >= 0.6 is 0 Å². The van der Waals surface area contributed by atoms with Gasteiger partial charge in [0.25, 0.3) is 11.6 Å². The van der Waals surface area contributed by atoms with Crippen LogP contribution in [0.5, 0.6) is 0 Å². The SMILES string of the molecule is CC1CCN(c2ccc(C(=O)OCC(=O)Nc3ccc(S(=O)(=O)N4CCOCC4)cc3)cc2[N+](=O)[O-])CC1. The van der Waals surface area contributed by atoms with Gasteiger partial charge in [-0.25, -0.2) is 13.2 Å². The topological polar surface area (TPSA) is 148 Å². The molecule has 4 rings (SSSR count). The number of anilines is 2. The minimum Gasteiger partial charge on any atom is -0.452 e. The van der Waals surface area contributed by atoms with E-state index in [9.17, 15) is 28.1 Å². The minimum absolute atomic E-state index is 0.0312. The standard InChI is InChI=1S/C25H30N4O8S/c1-18-8-10-27(11-9-18)22-7-2-19(16-23(22)29(32)33)25(31)37-17-24(30)26-20-3-5-21(6-4-20)38(34,35)28-12-14-36-15-13-28/h2-7,16,18H,8-15,17H2,1H3,(H,26,30). The summed E-state index contributed by atoms with van der Waals surface area (Å²) in [5, 5.41) is 14.2. The Morgan fingerprint density at radius 2 is 1.74 bits per heavy atom. The Kier molecular flexibility index (Phi) is 8.59. The Balaban J connectivity index is 1.33. The maximum atomic E-state index is 12.7. The summed E-state index contributed by atoms with van der Waals surface area (Å²) >= 11 is 0. The molecule has 2 saturated heterocycles. The van der Waals surface area contributed by atoms with Crippen LogP contribution in [0.3, 0.4) is 0 Å². The van der Waals surface area contributed by atoms with Gasteiger partial charge in [-0.2, -0.15) is 4.31 Å². The zero-order valence-electron chi connectivity index (χ0n) is 21.0. The van der Waals surface area contributed by atoms with Crippen LogP contribution in [0.25, 0.3) is 0 Å². The highest BCUT2D eigenvalue weighted by Gasteiger charge is 2.27. The van der Waals surface area contributed by atoms with Gasteiger partial charge in [-0.05, 0) is 55.2 Å². The third-order valence-corrected chi connectivity index (χ3v) is 8.53. The van der Waals surface area contributed by atoms with E-state index in [1.165, 1.54) is 46.8 Å². The lowest BCUT2D eigenvalue weighted by Gasteiger charge is -2.31. The number of rotatable bonds is 8. The maximum Gasteiger partial charge on any atom is 0.338 e. The van der Waals surface area contributed by atoms with Crippen LogP contribution in [-0.4, -0.2) is 75.5 Å². The molecule has 204 valence electrons. The van der Waals surface area contributed by atoms with Gasteiger partial charge in [-0.15, -0.1) is 0 Å². The number of ether oxygens (including phenoxy) is 2. The third-order valence-electron chi connectivity index (χ3n) is 6.61. The van der Waals surface area contributed by atoms with E-state index < -0.39 is 33.4 Å². The fourth-order valence-electron chi connectivity index (χ4n) is 4.37. The van der Waals surface area contributed by atoms with Crippen molar-refractivity contribution in [2.24, 2.45) is 5.92 Å². The van der Waals surface area contributed by atoms with E-state index in [1.807, 2.05) is 4.90 Å². The van der Waals surface area contributed by atoms with Crippen molar-refractivity contribution in [1.29, 1.82) is 0 Å². The molecule has 1 amide bonds. The highest BCUT2D eigenvalue weighted by atomic mass is 32.2. The summed E-state index contributed by atoms with van der Waals surface area (Å²) in [7, 11) is -3.66. The molecule has 13 heteroatoms. The summed E-state index contributed by atoms with van der Waals surface area (Å²) in [6.07, 6.45) is 1.87. The number of hydrogen-bond donors (Lipinski definition) is 1. The Bertz CT molecular complexity index is 1280. The van der Waals surface area contributed by atoms with Crippen molar-refractivity contribution in [3.63, 3.8) is 0 Å². The molecule has 0 atom stereocenters. The number of benzene rings is 2. The fraction of sp³-hybridized carbons (Fsp3) is 0.440. The molecule has 0 saturated carbocycles. The lowest BCUT2D eigenvalue weighted by atomic mass is 9.98. The quantitative estimate of drug-likeness (QED) is 0.300. The average molecular weight is 547 g/mol. The molecule has 0 spiro atoms. The molecular formula is C25H30N4O8S. The predicted molar refractivity (Wildman–Crippen MR) is 139 cm³/mol. The van der Waals surface area contributed by atoms with Crippen molar-refractivity contribution in [3.05, 3.63) is 58.1 Å². The normalized spacial score (nSPS) is 17.1. The van der Waals surface area contributed by atoms with E-state index in [-0.39, 0.29) is 29.2 Å². The molecule has 0 radical (unpaired) electrons. The second kappa shape index (κ2) is 11.9. The zero-order chi connectivity index (χ0) is 27.3. The Hall–Kier alpha value is -3.55. The molecule has 2 heterocycles. The van der Waals surface area contributed by atoms with Crippen LogP contribution in [0.2, 0.25) is 0 Å². The zero-order valence-corrected chi connectivity index (χ0v) is 21.8. The Labute approximate surface area is 220 Å². The minimum atomic E-state index is -3.66. The van der Waals surface area contributed by atoms with E-state index in [2.05, 4.69) is 12.2 Å². The molecule has 2 aromatic rings. The fourth-order valence-corrected chi connectivity index (χ4v) is 5.78. The van der Waals surface area contributed by atoms with E-state index in [1.54, 1.807) is 0 Å². The second-order valence-corrected chi connectivity index (χ2v) is 11.2. The van der Waals surface area contributed by atoms with Crippen molar-refractivity contribution < 1.29 is 32.4 Å². The van der Waals surface area contributed by atoms with Gasteiger partial charge in [-0.3, -0.25) is 14.9 Å². The first-order valence-electron chi connectivity index (χ1n) is 12.3. The maximum absolute atomic E-state index is 12.7. The lowest BCUT2D eigenvalue weighted by molar-refractivity contribution is -0.384. The van der Waals surface area contributed by atoms with Crippen LogP contribution in [-0.2, 0) is 24.3 Å². The molecule has 0 aromatic heterocycles. The number of hydrogen-bond acceptors (Lipinski definition) is 9. The molecule has 0 bridgehead atoms. The van der Waals surface area contributed by atoms with E-state index in [4.69, 9.17) is 9.47 Å². The van der Waals surface area contributed by atoms with Gasteiger partial charge in [0.1, 0.15) is 5.69 Å². The van der Waals surface area contributed by atoms with Crippen LogP contribution < -0.4 is 10.2 Å². The summed E-state index contributed by atoms with van der Waals surface area (Å²) in [6.45, 7) is 4.14. The number of amides is 1. The Morgan fingerprint density at radius 3 is 2.37 bits per heavy atom. The Morgan fingerprint density at radius 1 is 1.08 bits per heavy atom. The molecule has 1 N–H and O–H groups in total. The van der Waals surface area contributed by atoms with Crippen molar-refractivity contribution in [2.45, 2.75) is 24.7 Å². The molecule has 38 heavy (non-hydrogen) atoms. The van der Waals surface area contributed by atoms with Gasteiger partial charge in [0, 0.05) is 37.9 Å². The van der Waals surface area contributed by atoms with Gasteiger partial charge in [-0.1, -0.05) is 6.92 Å². The van der Waals surface area contributed by atoms with E-state index in [0.717, 1.165) is 12.8 Å². The smallest absolute Gasteiger partial charge is 0.338 e. The summed E-state index contributed by atoms with van der Waals surface area (Å²) in [5.41, 5.74) is 0.556. The molecule has 12 nitrogen and oxygen atoms in total. The first-order valence-corrected chi connectivity index (χ1v) is 13.8. The highest BCUT2D eigenvalue weighted by molar-refractivity contribution is 7.89. The monoisotopic (exact) mass is 546 g/mol. The van der Waals surface area contributed by atoms with Crippen LogP contribution in [0.1, 0.15) is 30.1 Å². The number of nitro groups is 1. The van der Waals surface area contributed by atoms with E-state index in [0.29, 0.717) is 43.6 Å². The van der Waals surface area contributed by atoms with Crippen LogP contribution in [0.15, 0.2) is 47.4 Å². The number of nitrogens with zero attached hydrogens (tertiary/aromatic N) is 3. The number of sulfonamides is 1. The highest BCUT2D eigenvalue weighted by Crippen LogP contribution is 2.32. The van der Waals surface area contributed by atoms with Gasteiger partial charge < -0.3 is 19.7 Å². The van der Waals surface area contributed by atoms with Crippen LogP contribution in [0.4, 0.5) is 17.1 Å². The number of nitrogens with one attached hydrogen (secondary N) is 1. The number of carbonyl (C=O) groups is 2. The molecule has 2 fully saturated rings. The summed E-state index contributed by atoms with van der Waals surface area (Å²) < 4.78 is 37.0. The largest absolute Gasteiger partial charge is 0.452 e. The van der Waals surface area contributed by atoms with E-state index >= 15 is 0 Å². The number of morpholine rings is 1. The van der Waals surface area contributed by atoms with Crippen molar-refractivity contribution in [3.8, 4) is 0 Å². The number of carbonyl (C=O) groups excluding carboxylic acids is 2. The first kappa shape index (κ1) is 27.5. The molecule has 0 unspecified atom stereocenters. The van der Waals surface area contributed by atoms with Gasteiger partial charge in [0.15, 0.2) is 6.61 Å². The summed E-state index contributed by atoms with van der Waals surface area (Å²) in [6, 6.07) is 9.81. The van der Waals surface area contributed by atoms with Gasteiger partial charge >= 0.3 is 5.97 Å². The predicted octanol–water partition coefficient (Wildman–Crippen LogP) is 2.65. The molecular weight excluding hydrogens is 516 g/mol. The van der Waals surface area contributed by atoms with Gasteiger partial charge in [0.05, 0.1) is 28.6 Å². The van der Waals surface area contributed by atoms with Crippen molar-refractivity contribution >= 4 is 39.0 Å². The van der Waals surface area contributed by atoms with Crippen molar-refractivity contribution in [1.82, 2.24) is 4.31 Å². The molecule has 2 aliphatic rings. The van der Waals surface area contributed by atoms with Crippen molar-refractivity contribution in [2.75, 3.05) is 56.2 Å².